The van der Waals surface area contributed by atoms with Gasteiger partial charge in [0.05, 0.1) is 5.02 Å². The average molecular weight is 256 g/mol. The molecule has 1 atom stereocenters. The molecular weight excluding hydrogens is 238 g/mol. The second-order valence-electron chi connectivity index (χ2n) is 4.22. The highest BCUT2D eigenvalue weighted by molar-refractivity contribution is 6.32. The first-order valence-corrected chi connectivity index (χ1v) is 6.10. The Bertz CT molecular complexity index is 406. The number of aromatic hydroxyl groups is 1. The van der Waals surface area contributed by atoms with E-state index in [2.05, 4.69) is 6.92 Å². The van der Waals surface area contributed by atoms with Crippen LogP contribution in [0.5, 0.6) is 5.75 Å². The molecule has 0 saturated carbocycles. The number of amides is 1. The van der Waals surface area contributed by atoms with E-state index in [0.717, 1.165) is 12.8 Å². The molecule has 1 unspecified atom stereocenters. The molecule has 1 N–H and O–H groups in total. The molecule has 0 radical (unpaired) electrons. The van der Waals surface area contributed by atoms with Gasteiger partial charge in [-0.1, -0.05) is 24.9 Å². The number of halogens is 1. The molecule has 4 heteroatoms. The highest BCUT2D eigenvalue weighted by Gasteiger charge is 2.17. The van der Waals surface area contributed by atoms with Crippen LogP contribution in [-0.2, 0) is 0 Å². The first-order valence-electron chi connectivity index (χ1n) is 5.73. The topological polar surface area (TPSA) is 40.5 Å². The zero-order chi connectivity index (χ0) is 13.0. The van der Waals surface area contributed by atoms with Gasteiger partial charge in [-0.2, -0.15) is 0 Å². The number of phenolic OH excluding ortho intramolecular Hbond substituents is 1. The standard InChI is InChI=1S/C13H18ClNO2/c1-4-5-9(2)15(3)13(17)10-6-7-12(16)11(14)8-10/h6-9,16H,4-5H2,1-3H3. The van der Waals surface area contributed by atoms with Gasteiger partial charge in [-0.3, -0.25) is 4.79 Å². The van der Waals surface area contributed by atoms with Crippen LogP contribution in [0, 0.1) is 0 Å². The summed E-state index contributed by atoms with van der Waals surface area (Å²) < 4.78 is 0. The summed E-state index contributed by atoms with van der Waals surface area (Å²) in [6.07, 6.45) is 2.00. The number of benzene rings is 1. The number of rotatable bonds is 4. The summed E-state index contributed by atoms with van der Waals surface area (Å²) >= 11 is 5.78. The third-order valence-corrected chi connectivity index (χ3v) is 3.19. The Labute approximate surface area is 107 Å². The number of hydrogen-bond donors (Lipinski definition) is 1. The Balaban J connectivity index is 2.85. The van der Waals surface area contributed by atoms with E-state index in [1.807, 2.05) is 6.92 Å². The quantitative estimate of drug-likeness (QED) is 0.897. The summed E-state index contributed by atoms with van der Waals surface area (Å²) in [7, 11) is 1.78. The molecule has 17 heavy (non-hydrogen) atoms. The molecule has 0 bridgehead atoms. The molecule has 0 spiro atoms. The largest absolute Gasteiger partial charge is 0.506 e. The van der Waals surface area contributed by atoms with E-state index in [-0.39, 0.29) is 22.7 Å². The van der Waals surface area contributed by atoms with Crippen molar-refractivity contribution >= 4 is 17.5 Å². The lowest BCUT2D eigenvalue weighted by Gasteiger charge is -2.24. The van der Waals surface area contributed by atoms with Gasteiger partial charge in [0, 0.05) is 18.7 Å². The van der Waals surface area contributed by atoms with Crippen LogP contribution in [0.25, 0.3) is 0 Å². The van der Waals surface area contributed by atoms with Crippen LogP contribution in [0.1, 0.15) is 37.0 Å². The molecule has 0 fully saturated rings. The van der Waals surface area contributed by atoms with Crippen LogP contribution in [0.15, 0.2) is 18.2 Å². The van der Waals surface area contributed by atoms with E-state index < -0.39 is 0 Å². The monoisotopic (exact) mass is 255 g/mol. The van der Waals surface area contributed by atoms with Gasteiger partial charge < -0.3 is 10.0 Å². The van der Waals surface area contributed by atoms with Crippen molar-refractivity contribution < 1.29 is 9.90 Å². The van der Waals surface area contributed by atoms with Crippen molar-refractivity contribution in [1.82, 2.24) is 4.90 Å². The lowest BCUT2D eigenvalue weighted by atomic mass is 10.1. The van der Waals surface area contributed by atoms with Gasteiger partial charge in [0.1, 0.15) is 5.75 Å². The third-order valence-electron chi connectivity index (χ3n) is 2.88. The zero-order valence-electron chi connectivity index (χ0n) is 10.4. The summed E-state index contributed by atoms with van der Waals surface area (Å²) in [4.78, 5) is 13.8. The third kappa shape index (κ3) is 3.37. The molecule has 0 aliphatic rings. The second kappa shape index (κ2) is 5.92. The second-order valence-corrected chi connectivity index (χ2v) is 4.63. The van der Waals surface area contributed by atoms with E-state index in [4.69, 9.17) is 11.6 Å². The van der Waals surface area contributed by atoms with Crippen LogP contribution in [0.2, 0.25) is 5.02 Å². The van der Waals surface area contributed by atoms with Crippen molar-refractivity contribution in [3.63, 3.8) is 0 Å². The van der Waals surface area contributed by atoms with Gasteiger partial charge in [-0.05, 0) is 31.5 Å². The molecule has 1 aromatic carbocycles. The van der Waals surface area contributed by atoms with Crippen LogP contribution in [-0.4, -0.2) is 29.0 Å². The van der Waals surface area contributed by atoms with Crippen LogP contribution >= 0.6 is 11.6 Å². The Hall–Kier alpha value is -1.22. The molecule has 0 heterocycles. The molecule has 1 aromatic rings. The highest BCUT2D eigenvalue weighted by Crippen LogP contribution is 2.24. The Morgan fingerprint density at radius 3 is 2.71 bits per heavy atom. The predicted octanol–water partition coefficient (Wildman–Crippen LogP) is 3.31. The predicted molar refractivity (Wildman–Crippen MR) is 69.6 cm³/mol. The van der Waals surface area contributed by atoms with E-state index in [9.17, 15) is 9.90 Å². The minimum atomic E-state index is -0.0761. The average Bonchev–Trinajstić information content (AvgIpc) is 2.31. The molecule has 94 valence electrons. The van der Waals surface area contributed by atoms with Gasteiger partial charge in [0.25, 0.3) is 5.91 Å². The fourth-order valence-corrected chi connectivity index (χ4v) is 1.84. The van der Waals surface area contributed by atoms with Crippen molar-refractivity contribution in [2.45, 2.75) is 32.7 Å². The van der Waals surface area contributed by atoms with E-state index in [1.165, 1.54) is 12.1 Å². The van der Waals surface area contributed by atoms with Gasteiger partial charge in [-0.15, -0.1) is 0 Å². The first-order chi connectivity index (χ1) is 7.97. The van der Waals surface area contributed by atoms with Gasteiger partial charge in [0.15, 0.2) is 0 Å². The number of carbonyl (C=O) groups excluding carboxylic acids is 1. The zero-order valence-corrected chi connectivity index (χ0v) is 11.2. The lowest BCUT2D eigenvalue weighted by molar-refractivity contribution is 0.0737. The summed E-state index contributed by atoms with van der Waals surface area (Å²) in [5, 5.41) is 9.50. The van der Waals surface area contributed by atoms with E-state index in [1.54, 1.807) is 18.0 Å². The Morgan fingerprint density at radius 1 is 1.53 bits per heavy atom. The Morgan fingerprint density at radius 2 is 2.18 bits per heavy atom. The van der Waals surface area contributed by atoms with E-state index >= 15 is 0 Å². The van der Waals surface area contributed by atoms with Crippen molar-refractivity contribution in [3.05, 3.63) is 28.8 Å². The maximum atomic E-state index is 12.1. The SMILES string of the molecule is CCCC(C)N(C)C(=O)c1ccc(O)c(Cl)c1. The van der Waals surface area contributed by atoms with Crippen molar-refractivity contribution in [3.8, 4) is 5.75 Å². The molecule has 0 aromatic heterocycles. The summed E-state index contributed by atoms with van der Waals surface area (Å²) in [5.41, 5.74) is 0.498. The van der Waals surface area contributed by atoms with Crippen LogP contribution in [0.3, 0.4) is 0 Å². The highest BCUT2D eigenvalue weighted by atomic mass is 35.5. The van der Waals surface area contributed by atoms with Crippen LogP contribution < -0.4 is 0 Å². The fourth-order valence-electron chi connectivity index (χ4n) is 1.66. The molecule has 3 nitrogen and oxygen atoms in total. The van der Waals surface area contributed by atoms with E-state index in [0.29, 0.717) is 5.56 Å². The smallest absolute Gasteiger partial charge is 0.253 e. The Kier molecular flexibility index (Phi) is 4.82. The number of phenols is 1. The summed E-state index contributed by atoms with van der Waals surface area (Å²) in [5.74, 6) is -0.0830. The lowest BCUT2D eigenvalue weighted by Crippen LogP contribution is -2.34. The maximum absolute atomic E-state index is 12.1. The first kappa shape index (κ1) is 13.8. The summed E-state index contributed by atoms with van der Waals surface area (Å²) in [6, 6.07) is 4.71. The maximum Gasteiger partial charge on any atom is 0.253 e. The number of hydrogen-bond acceptors (Lipinski definition) is 2. The van der Waals surface area contributed by atoms with Crippen molar-refractivity contribution in [2.24, 2.45) is 0 Å². The van der Waals surface area contributed by atoms with Gasteiger partial charge in [-0.25, -0.2) is 0 Å². The minimum absolute atomic E-state index is 0.00697. The van der Waals surface area contributed by atoms with Gasteiger partial charge in [0.2, 0.25) is 0 Å². The molecule has 0 aliphatic heterocycles. The molecular formula is C13H18ClNO2. The minimum Gasteiger partial charge on any atom is -0.506 e. The van der Waals surface area contributed by atoms with Crippen molar-refractivity contribution in [2.75, 3.05) is 7.05 Å². The number of nitrogens with zero attached hydrogens (tertiary/aromatic N) is 1. The van der Waals surface area contributed by atoms with Gasteiger partial charge >= 0.3 is 0 Å². The molecule has 1 amide bonds. The number of carbonyl (C=O) groups is 1. The van der Waals surface area contributed by atoms with Crippen molar-refractivity contribution in [1.29, 1.82) is 0 Å². The van der Waals surface area contributed by atoms with Crippen LogP contribution in [0.4, 0.5) is 0 Å². The molecule has 0 aliphatic carbocycles. The normalized spacial score (nSPS) is 12.2. The molecule has 1 rings (SSSR count). The summed E-state index contributed by atoms with van der Waals surface area (Å²) in [6.45, 7) is 4.11. The molecule has 0 saturated heterocycles. The fraction of sp³-hybridized carbons (Fsp3) is 0.462.